The number of unbranched alkanes of at least 4 members (excludes halogenated alkanes) is 6. The van der Waals surface area contributed by atoms with Crippen molar-refractivity contribution >= 4 is 5.97 Å². The minimum absolute atomic E-state index is 0. The van der Waals surface area contributed by atoms with Crippen LogP contribution in [0.1, 0.15) is 65.2 Å². The molecule has 0 aliphatic heterocycles. The van der Waals surface area contributed by atoms with Crippen LogP contribution in [0.5, 0.6) is 0 Å². The number of carbonyl (C=O) groups excluding carboxylic acids is 1. The molecule has 0 saturated heterocycles. The molecule has 0 spiro atoms. The third kappa shape index (κ3) is 9.82. The van der Waals surface area contributed by atoms with Crippen molar-refractivity contribution in [1.82, 2.24) is 4.57 Å². The topological polar surface area (TPSA) is 35.1 Å². The van der Waals surface area contributed by atoms with Gasteiger partial charge in [-0.25, -0.2) is 13.9 Å². The van der Waals surface area contributed by atoms with Gasteiger partial charge in [0.15, 0.2) is 6.54 Å². The number of ether oxygens (including phenoxy) is 1. The van der Waals surface area contributed by atoms with Gasteiger partial charge in [0.05, 0.1) is 13.2 Å². The van der Waals surface area contributed by atoms with E-state index in [1.165, 1.54) is 32.1 Å². The van der Waals surface area contributed by atoms with Crippen molar-refractivity contribution in [2.45, 2.75) is 78.3 Å². The van der Waals surface area contributed by atoms with E-state index in [2.05, 4.69) is 18.4 Å². The van der Waals surface area contributed by atoms with Crippen molar-refractivity contribution in [1.29, 1.82) is 0 Å². The molecule has 0 saturated carbocycles. The highest BCUT2D eigenvalue weighted by atomic mass is 35.5. The van der Waals surface area contributed by atoms with E-state index in [-0.39, 0.29) is 18.4 Å². The van der Waals surface area contributed by atoms with Gasteiger partial charge in [-0.15, -0.1) is 0 Å². The van der Waals surface area contributed by atoms with E-state index in [1.54, 1.807) is 0 Å². The van der Waals surface area contributed by atoms with Crippen LogP contribution in [0.2, 0.25) is 0 Å². The van der Waals surface area contributed by atoms with E-state index in [0.29, 0.717) is 13.2 Å². The molecule has 0 aliphatic rings. The zero-order chi connectivity index (χ0) is 15.3. The maximum Gasteiger partial charge on any atom is 0.348 e. The van der Waals surface area contributed by atoms with Crippen molar-refractivity contribution < 1.29 is 26.5 Å². The first-order valence-electron chi connectivity index (χ1n) is 8.46. The van der Waals surface area contributed by atoms with Crippen LogP contribution in [-0.2, 0) is 22.6 Å². The van der Waals surface area contributed by atoms with Gasteiger partial charge in [0.2, 0.25) is 6.33 Å². The Morgan fingerprint density at radius 2 is 1.73 bits per heavy atom. The summed E-state index contributed by atoms with van der Waals surface area (Å²) in [5, 5.41) is 0. The van der Waals surface area contributed by atoms with Crippen LogP contribution in [0, 0.1) is 0 Å². The largest absolute Gasteiger partial charge is 1.00 e. The first kappa shape index (κ1) is 21.0. The van der Waals surface area contributed by atoms with Crippen molar-refractivity contribution in [3.05, 3.63) is 18.7 Å². The molecule has 0 amide bonds. The smallest absolute Gasteiger partial charge is 0.348 e. The SMILES string of the molecule is CCCCCCCCOC(=O)C[n+]1ccn(CCCC)c1.[Cl-]. The number of halogens is 1. The molecule has 0 aromatic carbocycles. The number of carbonyl (C=O) groups is 1. The molecule has 128 valence electrons. The minimum Gasteiger partial charge on any atom is -1.00 e. The molecule has 0 atom stereocenters. The lowest BCUT2D eigenvalue weighted by atomic mass is 10.1. The van der Waals surface area contributed by atoms with Crippen molar-refractivity contribution in [3.8, 4) is 0 Å². The molecule has 5 heteroatoms. The molecule has 0 bridgehead atoms. The first-order chi connectivity index (χ1) is 10.3. The first-order valence-corrected chi connectivity index (χ1v) is 8.46. The zero-order valence-corrected chi connectivity index (χ0v) is 14.9. The van der Waals surface area contributed by atoms with Crippen LogP contribution in [0.3, 0.4) is 0 Å². The van der Waals surface area contributed by atoms with Crippen molar-refractivity contribution in [2.24, 2.45) is 0 Å². The molecule has 0 N–H and O–H groups in total. The highest BCUT2D eigenvalue weighted by molar-refractivity contribution is 5.67. The molecule has 1 aromatic heterocycles. The summed E-state index contributed by atoms with van der Waals surface area (Å²) in [5.41, 5.74) is 0. The van der Waals surface area contributed by atoms with Gasteiger partial charge in [0.25, 0.3) is 0 Å². The number of nitrogens with zero attached hydrogens (tertiary/aromatic N) is 2. The van der Waals surface area contributed by atoms with E-state index in [0.717, 1.165) is 25.8 Å². The summed E-state index contributed by atoms with van der Waals surface area (Å²) < 4.78 is 9.28. The Morgan fingerprint density at radius 3 is 2.45 bits per heavy atom. The number of imidazole rings is 1. The number of rotatable bonds is 12. The van der Waals surface area contributed by atoms with Crippen LogP contribution < -0.4 is 17.0 Å². The molecular formula is C17H31ClN2O2. The van der Waals surface area contributed by atoms with Crippen LogP contribution in [0.25, 0.3) is 0 Å². The summed E-state index contributed by atoms with van der Waals surface area (Å²) >= 11 is 0. The molecule has 22 heavy (non-hydrogen) atoms. The number of aryl methyl sites for hydroxylation is 1. The van der Waals surface area contributed by atoms with Gasteiger partial charge >= 0.3 is 5.97 Å². The predicted molar refractivity (Wildman–Crippen MR) is 83.9 cm³/mol. The Labute approximate surface area is 141 Å². The van der Waals surface area contributed by atoms with E-state index in [1.807, 2.05) is 23.3 Å². The summed E-state index contributed by atoms with van der Waals surface area (Å²) in [6, 6.07) is 0. The van der Waals surface area contributed by atoms with Gasteiger partial charge in [-0.2, -0.15) is 0 Å². The quantitative estimate of drug-likeness (QED) is 0.317. The van der Waals surface area contributed by atoms with Crippen LogP contribution in [0.4, 0.5) is 0 Å². The van der Waals surface area contributed by atoms with Gasteiger partial charge < -0.3 is 17.1 Å². The predicted octanol–water partition coefficient (Wildman–Crippen LogP) is 0.483. The van der Waals surface area contributed by atoms with E-state index in [4.69, 9.17) is 4.74 Å². The van der Waals surface area contributed by atoms with Gasteiger partial charge in [-0.3, -0.25) is 0 Å². The summed E-state index contributed by atoms with van der Waals surface area (Å²) in [6.07, 6.45) is 15.5. The second-order valence-electron chi connectivity index (χ2n) is 5.67. The standard InChI is InChI=1S/C17H31N2O2.ClH/c1-3-5-7-8-9-10-14-21-17(20)15-19-13-12-18(16-19)11-6-4-2;/h12-13,16H,3-11,14-15H2,1-2H3;1H/q+1;/p-1. The van der Waals surface area contributed by atoms with Gasteiger partial charge in [0, 0.05) is 0 Å². The minimum atomic E-state index is -0.137. The van der Waals surface area contributed by atoms with Gasteiger partial charge in [-0.05, 0) is 12.8 Å². The number of aromatic nitrogens is 2. The molecule has 0 radical (unpaired) electrons. The Balaban J connectivity index is 0.00000441. The maximum atomic E-state index is 11.7. The lowest BCUT2D eigenvalue weighted by molar-refractivity contribution is -0.685. The van der Waals surface area contributed by atoms with E-state index in [9.17, 15) is 4.79 Å². The maximum absolute atomic E-state index is 11.7. The van der Waals surface area contributed by atoms with Gasteiger partial charge in [0.1, 0.15) is 12.4 Å². The molecule has 1 aromatic rings. The Hall–Kier alpha value is -1.03. The number of esters is 1. The second-order valence-corrected chi connectivity index (χ2v) is 5.67. The van der Waals surface area contributed by atoms with Crippen LogP contribution in [-0.4, -0.2) is 17.1 Å². The number of hydrogen-bond donors (Lipinski definition) is 0. The molecule has 1 rings (SSSR count). The summed E-state index contributed by atoms with van der Waals surface area (Å²) in [4.78, 5) is 11.7. The fourth-order valence-corrected chi connectivity index (χ4v) is 2.27. The lowest BCUT2D eigenvalue weighted by Gasteiger charge is -2.03. The van der Waals surface area contributed by atoms with Crippen LogP contribution >= 0.6 is 0 Å². The second kappa shape index (κ2) is 13.6. The highest BCUT2D eigenvalue weighted by Gasteiger charge is 2.09. The van der Waals surface area contributed by atoms with Gasteiger partial charge in [-0.1, -0.05) is 52.4 Å². The van der Waals surface area contributed by atoms with Crippen molar-refractivity contribution in [2.75, 3.05) is 6.61 Å². The molecular weight excluding hydrogens is 300 g/mol. The summed E-state index contributed by atoms with van der Waals surface area (Å²) in [7, 11) is 0. The molecule has 4 nitrogen and oxygen atoms in total. The monoisotopic (exact) mass is 330 g/mol. The van der Waals surface area contributed by atoms with Crippen molar-refractivity contribution in [3.63, 3.8) is 0 Å². The zero-order valence-electron chi connectivity index (χ0n) is 14.1. The third-order valence-electron chi connectivity index (χ3n) is 3.59. The fraction of sp³-hybridized carbons (Fsp3) is 0.765. The average molecular weight is 331 g/mol. The van der Waals surface area contributed by atoms with E-state index < -0.39 is 0 Å². The molecule has 0 unspecified atom stereocenters. The average Bonchev–Trinajstić information content (AvgIpc) is 2.91. The Bertz CT molecular complexity index is 394. The molecule has 0 aliphatic carbocycles. The Morgan fingerprint density at radius 1 is 1.05 bits per heavy atom. The summed E-state index contributed by atoms with van der Waals surface area (Å²) in [6.45, 7) is 6.28. The number of hydrogen-bond acceptors (Lipinski definition) is 2. The van der Waals surface area contributed by atoms with E-state index >= 15 is 0 Å². The summed E-state index contributed by atoms with van der Waals surface area (Å²) in [5.74, 6) is -0.137. The third-order valence-corrected chi connectivity index (χ3v) is 3.59. The fourth-order valence-electron chi connectivity index (χ4n) is 2.27. The molecule has 1 heterocycles. The molecule has 0 fully saturated rings. The van der Waals surface area contributed by atoms with Crippen LogP contribution in [0.15, 0.2) is 18.7 Å². The normalized spacial score (nSPS) is 10.3. The lowest BCUT2D eigenvalue weighted by Crippen LogP contribution is -3.00. The highest BCUT2D eigenvalue weighted by Crippen LogP contribution is 2.04. The Kier molecular flexibility index (Phi) is 13.0.